The molecular weight excluding hydrogens is 246 g/mol. The van der Waals surface area contributed by atoms with Gasteiger partial charge >= 0.3 is 6.09 Å². The topological polar surface area (TPSA) is 59.0 Å². The van der Waals surface area contributed by atoms with Gasteiger partial charge in [-0.25, -0.2) is 4.79 Å². The molecule has 2 aliphatic heterocycles. The number of hydrogen-bond donors (Lipinski definition) is 1. The molecule has 2 fully saturated rings. The van der Waals surface area contributed by atoms with E-state index >= 15 is 0 Å². The Hall–Kier alpha value is -0.810. The lowest BCUT2D eigenvalue weighted by Crippen LogP contribution is -2.51. The van der Waals surface area contributed by atoms with Gasteiger partial charge in [-0.05, 0) is 40.0 Å². The second kappa shape index (κ2) is 5.29. The van der Waals surface area contributed by atoms with Crippen molar-refractivity contribution in [2.45, 2.75) is 51.2 Å². The number of rotatable bonds is 1. The summed E-state index contributed by atoms with van der Waals surface area (Å²) < 4.78 is 10.9. The molecule has 0 aromatic carbocycles. The average molecular weight is 271 g/mol. The predicted octanol–water partition coefficient (Wildman–Crippen LogP) is 1.78. The van der Waals surface area contributed by atoms with Crippen molar-refractivity contribution in [3.63, 3.8) is 0 Å². The summed E-state index contributed by atoms with van der Waals surface area (Å²) in [6.45, 7) is 7.70. The van der Waals surface area contributed by atoms with Gasteiger partial charge in [0, 0.05) is 32.3 Å². The van der Waals surface area contributed by atoms with Crippen LogP contribution < -0.4 is 0 Å². The van der Waals surface area contributed by atoms with E-state index in [2.05, 4.69) is 0 Å². The molecule has 1 spiro atoms. The third-order valence-electron chi connectivity index (χ3n) is 3.98. The van der Waals surface area contributed by atoms with Crippen LogP contribution in [0, 0.1) is 5.92 Å². The van der Waals surface area contributed by atoms with Crippen LogP contribution in [-0.4, -0.2) is 53.6 Å². The Morgan fingerprint density at radius 2 is 2.05 bits per heavy atom. The SMILES string of the molecule is CC(C)(C)OC(=O)N1CC(CO)CC12CCOCC2. The maximum absolute atomic E-state index is 12.4. The second-order valence-electron chi connectivity index (χ2n) is 6.68. The average Bonchev–Trinajstić information content (AvgIpc) is 2.67. The first kappa shape index (κ1) is 14.6. The van der Waals surface area contributed by atoms with Crippen molar-refractivity contribution in [3.8, 4) is 0 Å². The Morgan fingerprint density at radius 3 is 2.58 bits per heavy atom. The summed E-state index contributed by atoms with van der Waals surface area (Å²) in [6.07, 6.45) is 2.27. The molecule has 110 valence electrons. The Bertz CT molecular complexity index is 331. The maximum Gasteiger partial charge on any atom is 0.410 e. The van der Waals surface area contributed by atoms with Gasteiger partial charge in [0.05, 0.1) is 5.54 Å². The molecule has 0 radical (unpaired) electrons. The highest BCUT2D eigenvalue weighted by atomic mass is 16.6. The fraction of sp³-hybridized carbons (Fsp3) is 0.929. The molecule has 19 heavy (non-hydrogen) atoms. The standard InChI is InChI=1S/C14H25NO4/c1-13(2,3)19-12(17)15-9-11(10-16)8-14(15)4-6-18-7-5-14/h11,16H,4-10H2,1-3H3. The molecule has 1 N–H and O–H groups in total. The molecule has 0 aromatic heterocycles. The third-order valence-corrected chi connectivity index (χ3v) is 3.98. The van der Waals surface area contributed by atoms with Gasteiger partial charge in [-0.1, -0.05) is 0 Å². The zero-order chi connectivity index (χ0) is 14.1. The van der Waals surface area contributed by atoms with Gasteiger partial charge in [0.2, 0.25) is 0 Å². The van der Waals surface area contributed by atoms with E-state index in [-0.39, 0.29) is 24.2 Å². The van der Waals surface area contributed by atoms with Crippen LogP contribution in [0.4, 0.5) is 4.79 Å². The number of carbonyl (C=O) groups is 1. The zero-order valence-electron chi connectivity index (χ0n) is 12.1. The van der Waals surface area contributed by atoms with Crippen LogP contribution in [0.15, 0.2) is 0 Å². The first-order chi connectivity index (χ1) is 8.86. The van der Waals surface area contributed by atoms with E-state index in [0.29, 0.717) is 19.8 Å². The van der Waals surface area contributed by atoms with Crippen LogP contribution in [-0.2, 0) is 9.47 Å². The minimum absolute atomic E-state index is 0.127. The van der Waals surface area contributed by atoms with Crippen LogP contribution in [0.5, 0.6) is 0 Å². The Kier molecular flexibility index (Phi) is 4.06. The molecule has 5 heteroatoms. The molecule has 2 saturated heterocycles. The van der Waals surface area contributed by atoms with E-state index in [0.717, 1.165) is 19.3 Å². The predicted molar refractivity (Wildman–Crippen MR) is 70.9 cm³/mol. The summed E-state index contributed by atoms with van der Waals surface area (Å²) in [4.78, 5) is 14.2. The largest absolute Gasteiger partial charge is 0.444 e. The smallest absolute Gasteiger partial charge is 0.410 e. The van der Waals surface area contributed by atoms with E-state index in [4.69, 9.17) is 9.47 Å². The molecular formula is C14H25NO4. The minimum Gasteiger partial charge on any atom is -0.444 e. The summed E-state index contributed by atoms with van der Waals surface area (Å²) in [7, 11) is 0. The fourth-order valence-corrected chi connectivity index (χ4v) is 3.10. The number of hydrogen-bond acceptors (Lipinski definition) is 4. The normalized spacial score (nSPS) is 26.7. The van der Waals surface area contributed by atoms with Crippen LogP contribution in [0.3, 0.4) is 0 Å². The van der Waals surface area contributed by atoms with Crippen LogP contribution in [0.2, 0.25) is 0 Å². The molecule has 0 aromatic rings. The van der Waals surface area contributed by atoms with E-state index < -0.39 is 5.60 Å². The Morgan fingerprint density at radius 1 is 1.42 bits per heavy atom. The monoisotopic (exact) mass is 271 g/mol. The van der Waals surface area contributed by atoms with Crippen molar-refractivity contribution >= 4 is 6.09 Å². The van der Waals surface area contributed by atoms with Gasteiger partial charge in [0.15, 0.2) is 0 Å². The van der Waals surface area contributed by atoms with Crippen molar-refractivity contribution in [1.29, 1.82) is 0 Å². The summed E-state index contributed by atoms with van der Waals surface area (Å²) >= 11 is 0. The Labute approximate surface area is 114 Å². The number of carbonyl (C=O) groups excluding carboxylic acids is 1. The number of ether oxygens (including phenoxy) is 2. The molecule has 1 unspecified atom stereocenters. The first-order valence-electron chi connectivity index (χ1n) is 7.05. The van der Waals surface area contributed by atoms with Gasteiger partial charge < -0.3 is 19.5 Å². The van der Waals surface area contributed by atoms with Gasteiger partial charge in [-0.3, -0.25) is 0 Å². The molecule has 0 aliphatic carbocycles. The Balaban J connectivity index is 2.13. The number of aliphatic hydroxyl groups is 1. The van der Waals surface area contributed by atoms with Crippen molar-refractivity contribution < 1.29 is 19.4 Å². The number of amides is 1. The van der Waals surface area contributed by atoms with Crippen LogP contribution >= 0.6 is 0 Å². The molecule has 1 atom stereocenters. The highest BCUT2D eigenvalue weighted by Crippen LogP contribution is 2.41. The summed E-state index contributed by atoms with van der Waals surface area (Å²) in [5.74, 6) is 0.158. The molecule has 0 bridgehead atoms. The molecule has 5 nitrogen and oxygen atoms in total. The molecule has 2 heterocycles. The van der Waals surface area contributed by atoms with E-state index in [1.165, 1.54) is 0 Å². The van der Waals surface area contributed by atoms with Crippen molar-refractivity contribution in [2.75, 3.05) is 26.4 Å². The lowest BCUT2D eigenvalue weighted by molar-refractivity contribution is -0.0290. The van der Waals surface area contributed by atoms with Crippen molar-refractivity contribution in [2.24, 2.45) is 5.92 Å². The lowest BCUT2D eigenvalue weighted by atomic mass is 9.85. The quantitative estimate of drug-likeness (QED) is 0.790. The number of nitrogens with zero attached hydrogens (tertiary/aromatic N) is 1. The van der Waals surface area contributed by atoms with E-state index in [1.807, 2.05) is 25.7 Å². The highest BCUT2D eigenvalue weighted by Gasteiger charge is 2.49. The van der Waals surface area contributed by atoms with E-state index in [1.54, 1.807) is 0 Å². The summed E-state index contributed by atoms with van der Waals surface area (Å²) in [5.41, 5.74) is -0.658. The minimum atomic E-state index is -0.485. The van der Waals surface area contributed by atoms with Gasteiger partial charge in [0.1, 0.15) is 5.60 Å². The highest BCUT2D eigenvalue weighted by molar-refractivity contribution is 5.70. The molecule has 2 aliphatic rings. The molecule has 2 rings (SSSR count). The molecule has 0 saturated carbocycles. The summed E-state index contributed by atoms with van der Waals surface area (Å²) in [6, 6.07) is 0. The zero-order valence-corrected chi connectivity index (χ0v) is 12.1. The van der Waals surface area contributed by atoms with Crippen LogP contribution in [0.25, 0.3) is 0 Å². The number of aliphatic hydroxyl groups excluding tert-OH is 1. The fourth-order valence-electron chi connectivity index (χ4n) is 3.10. The van der Waals surface area contributed by atoms with Gasteiger partial charge in [-0.2, -0.15) is 0 Å². The van der Waals surface area contributed by atoms with Gasteiger partial charge in [-0.15, -0.1) is 0 Å². The summed E-state index contributed by atoms with van der Waals surface area (Å²) in [5, 5.41) is 9.40. The van der Waals surface area contributed by atoms with Crippen molar-refractivity contribution in [1.82, 2.24) is 4.90 Å². The lowest BCUT2D eigenvalue weighted by Gasteiger charge is -2.41. The number of likely N-dealkylation sites (tertiary alicyclic amines) is 1. The van der Waals surface area contributed by atoms with Crippen LogP contribution in [0.1, 0.15) is 40.0 Å². The maximum atomic E-state index is 12.4. The molecule has 1 amide bonds. The third kappa shape index (κ3) is 3.20. The first-order valence-corrected chi connectivity index (χ1v) is 7.05. The van der Waals surface area contributed by atoms with Crippen molar-refractivity contribution in [3.05, 3.63) is 0 Å². The second-order valence-corrected chi connectivity index (χ2v) is 6.68. The van der Waals surface area contributed by atoms with E-state index in [9.17, 15) is 9.90 Å². The van der Waals surface area contributed by atoms with Gasteiger partial charge in [0.25, 0.3) is 0 Å².